The van der Waals surface area contributed by atoms with Crippen LogP contribution in [-0.2, 0) is 6.42 Å². The van der Waals surface area contributed by atoms with Gasteiger partial charge in [0.25, 0.3) is 0 Å². The second-order valence-corrected chi connectivity index (χ2v) is 7.19. The van der Waals surface area contributed by atoms with E-state index in [4.69, 9.17) is 10.7 Å². The predicted octanol–water partition coefficient (Wildman–Crippen LogP) is 3.37. The Bertz CT molecular complexity index is 1010. The van der Waals surface area contributed by atoms with Gasteiger partial charge in [-0.3, -0.25) is 5.10 Å². The lowest BCUT2D eigenvalue weighted by molar-refractivity contribution is 0.698. The molecule has 3 aromatic heterocycles. The summed E-state index contributed by atoms with van der Waals surface area (Å²) >= 11 is 1.63. The standard InChI is InChI=1S/C19H20N6S/c1-12-15(11-22-25-12)18-23-16-7-8-26-17(16)19(24-18)21-10-14(20)9-13-5-3-2-4-6-13/h2-8,11,14H,9-10,20H2,1H3,(H,22,25)(H,21,23,24). The Kier molecular flexibility index (Phi) is 4.64. The minimum Gasteiger partial charge on any atom is -0.367 e. The van der Waals surface area contributed by atoms with Gasteiger partial charge < -0.3 is 11.1 Å². The summed E-state index contributed by atoms with van der Waals surface area (Å²) in [6, 6.07) is 12.3. The largest absolute Gasteiger partial charge is 0.367 e. The summed E-state index contributed by atoms with van der Waals surface area (Å²) in [5, 5.41) is 12.5. The van der Waals surface area contributed by atoms with Gasteiger partial charge in [0.1, 0.15) is 5.82 Å². The molecule has 1 atom stereocenters. The SMILES string of the molecule is Cc1[nH]ncc1-c1nc(NCC(N)Cc2ccccc2)c2sccc2n1. The molecule has 3 heterocycles. The number of aromatic amines is 1. The summed E-state index contributed by atoms with van der Waals surface area (Å²) in [5.74, 6) is 1.49. The average molecular weight is 364 g/mol. The first-order chi connectivity index (χ1) is 12.7. The third kappa shape index (κ3) is 3.44. The predicted molar refractivity (Wildman–Crippen MR) is 106 cm³/mol. The van der Waals surface area contributed by atoms with Crippen molar-refractivity contribution in [1.82, 2.24) is 20.2 Å². The van der Waals surface area contributed by atoms with E-state index in [1.54, 1.807) is 17.5 Å². The van der Waals surface area contributed by atoms with Crippen LogP contribution in [0, 0.1) is 6.92 Å². The van der Waals surface area contributed by atoms with E-state index in [-0.39, 0.29) is 6.04 Å². The minimum atomic E-state index is 0.00138. The van der Waals surface area contributed by atoms with Gasteiger partial charge in [0.05, 0.1) is 22.0 Å². The Hall–Kier alpha value is -2.77. The molecule has 1 unspecified atom stereocenters. The van der Waals surface area contributed by atoms with E-state index in [0.29, 0.717) is 12.4 Å². The summed E-state index contributed by atoms with van der Waals surface area (Å²) in [5.41, 5.74) is 10.3. The van der Waals surface area contributed by atoms with E-state index in [1.807, 2.05) is 36.6 Å². The van der Waals surface area contributed by atoms with Gasteiger partial charge in [0.15, 0.2) is 5.82 Å². The Labute approximate surface area is 155 Å². The van der Waals surface area contributed by atoms with Gasteiger partial charge in [-0.05, 0) is 30.4 Å². The number of nitrogens with zero attached hydrogens (tertiary/aromatic N) is 3. The molecule has 4 N–H and O–H groups in total. The number of benzene rings is 1. The first-order valence-electron chi connectivity index (χ1n) is 8.49. The molecule has 0 saturated carbocycles. The van der Waals surface area contributed by atoms with Crippen LogP contribution in [0.25, 0.3) is 21.6 Å². The van der Waals surface area contributed by atoms with Crippen molar-refractivity contribution >= 4 is 27.4 Å². The maximum Gasteiger partial charge on any atom is 0.165 e. The van der Waals surface area contributed by atoms with Crippen molar-refractivity contribution in [3.8, 4) is 11.4 Å². The van der Waals surface area contributed by atoms with Crippen molar-refractivity contribution in [2.75, 3.05) is 11.9 Å². The Morgan fingerprint density at radius 1 is 1.19 bits per heavy atom. The molecule has 0 saturated heterocycles. The van der Waals surface area contributed by atoms with E-state index in [2.05, 4.69) is 32.6 Å². The fourth-order valence-corrected chi connectivity index (χ4v) is 3.69. The van der Waals surface area contributed by atoms with Gasteiger partial charge in [-0.1, -0.05) is 30.3 Å². The van der Waals surface area contributed by atoms with Crippen LogP contribution in [0.15, 0.2) is 48.0 Å². The molecule has 0 aliphatic rings. The van der Waals surface area contributed by atoms with Gasteiger partial charge in [-0.25, -0.2) is 9.97 Å². The smallest absolute Gasteiger partial charge is 0.165 e. The Balaban J connectivity index is 1.56. The maximum atomic E-state index is 6.31. The van der Waals surface area contributed by atoms with Crippen LogP contribution in [0.4, 0.5) is 5.82 Å². The summed E-state index contributed by atoms with van der Waals surface area (Å²) in [6.07, 6.45) is 2.58. The van der Waals surface area contributed by atoms with Crippen LogP contribution in [0.2, 0.25) is 0 Å². The first kappa shape index (κ1) is 16.7. The minimum absolute atomic E-state index is 0.00138. The fourth-order valence-electron chi connectivity index (χ4n) is 2.90. The molecular weight excluding hydrogens is 344 g/mol. The molecule has 4 rings (SSSR count). The Morgan fingerprint density at radius 2 is 2.04 bits per heavy atom. The highest BCUT2D eigenvalue weighted by Crippen LogP contribution is 2.29. The number of thiophene rings is 1. The van der Waals surface area contributed by atoms with Gasteiger partial charge in [0.2, 0.25) is 0 Å². The van der Waals surface area contributed by atoms with Crippen LogP contribution < -0.4 is 11.1 Å². The summed E-state index contributed by atoms with van der Waals surface area (Å²) in [4.78, 5) is 9.39. The first-order valence-corrected chi connectivity index (χ1v) is 9.37. The van der Waals surface area contributed by atoms with E-state index >= 15 is 0 Å². The summed E-state index contributed by atoms with van der Waals surface area (Å²) < 4.78 is 1.04. The topological polar surface area (TPSA) is 92.5 Å². The molecule has 4 aromatic rings. The van der Waals surface area contributed by atoms with Crippen LogP contribution >= 0.6 is 11.3 Å². The molecular formula is C19H20N6S. The monoisotopic (exact) mass is 364 g/mol. The molecule has 132 valence electrons. The molecule has 1 aromatic carbocycles. The number of hydrogen-bond acceptors (Lipinski definition) is 6. The van der Waals surface area contributed by atoms with Gasteiger partial charge in [-0.2, -0.15) is 5.10 Å². The lowest BCUT2D eigenvalue weighted by atomic mass is 10.1. The molecule has 7 heteroatoms. The molecule has 0 bridgehead atoms. The van der Waals surface area contributed by atoms with Crippen molar-refractivity contribution in [3.63, 3.8) is 0 Å². The molecule has 0 radical (unpaired) electrons. The average Bonchev–Trinajstić information content (AvgIpc) is 3.29. The van der Waals surface area contributed by atoms with Crippen LogP contribution in [-0.4, -0.2) is 32.8 Å². The number of nitrogens with one attached hydrogen (secondary N) is 2. The zero-order valence-electron chi connectivity index (χ0n) is 14.4. The van der Waals surface area contributed by atoms with Crippen LogP contribution in [0.3, 0.4) is 0 Å². The summed E-state index contributed by atoms with van der Waals surface area (Å²) in [6.45, 7) is 2.61. The normalized spacial score (nSPS) is 12.4. The van der Waals surface area contributed by atoms with Gasteiger partial charge in [-0.15, -0.1) is 11.3 Å². The lowest BCUT2D eigenvalue weighted by Crippen LogP contribution is -2.31. The molecule has 26 heavy (non-hydrogen) atoms. The number of aromatic nitrogens is 4. The van der Waals surface area contributed by atoms with Crippen molar-refractivity contribution in [1.29, 1.82) is 0 Å². The maximum absolute atomic E-state index is 6.31. The number of aryl methyl sites for hydroxylation is 1. The number of anilines is 1. The quantitative estimate of drug-likeness (QED) is 0.488. The van der Waals surface area contributed by atoms with Crippen molar-refractivity contribution in [2.45, 2.75) is 19.4 Å². The Morgan fingerprint density at radius 3 is 2.81 bits per heavy atom. The number of H-pyrrole nitrogens is 1. The van der Waals surface area contributed by atoms with Crippen LogP contribution in [0.1, 0.15) is 11.3 Å². The van der Waals surface area contributed by atoms with Crippen molar-refractivity contribution in [3.05, 3.63) is 59.2 Å². The third-order valence-electron chi connectivity index (χ3n) is 4.25. The number of hydrogen-bond donors (Lipinski definition) is 3. The highest BCUT2D eigenvalue weighted by atomic mass is 32.1. The second kappa shape index (κ2) is 7.23. The number of nitrogens with two attached hydrogens (primary N) is 1. The summed E-state index contributed by atoms with van der Waals surface area (Å²) in [7, 11) is 0. The van der Waals surface area contributed by atoms with E-state index in [9.17, 15) is 0 Å². The molecule has 0 fully saturated rings. The van der Waals surface area contributed by atoms with Crippen molar-refractivity contribution < 1.29 is 0 Å². The highest BCUT2D eigenvalue weighted by molar-refractivity contribution is 7.17. The molecule has 6 nitrogen and oxygen atoms in total. The van der Waals surface area contributed by atoms with Crippen molar-refractivity contribution in [2.24, 2.45) is 5.73 Å². The molecule has 0 aliphatic carbocycles. The van der Waals surface area contributed by atoms with Gasteiger partial charge in [0, 0.05) is 18.3 Å². The van der Waals surface area contributed by atoms with Gasteiger partial charge >= 0.3 is 0 Å². The second-order valence-electron chi connectivity index (χ2n) is 6.27. The third-order valence-corrected chi connectivity index (χ3v) is 5.16. The highest BCUT2D eigenvalue weighted by Gasteiger charge is 2.14. The number of rotatable bonds is 6. The van der Waals surface area contributed by atoms with E-state index in [0.717, 1.165) is 33.7 Å². The zero-order valence-corrected chi connectivity index (χ0v) is 15.3. The van der Waals surface area contributed by atoms with E-state index in [1.165, 1.54) is 5.56 Å². The van der Waals surface area contributed by atoms with Crippen LogP contribution in [0.5, 0.6) is 0 Å². The molecule has 0 aliphatic heterocycles. The lowest BCUT2D eigenvalue weighted by Gasteiger charge is -2.14. The van der Waals surface area contributed by atoms with E-state index < -0.39 is 0 Å². The number of fused-ring (bicyclic) bond motifs is 1. The fraction of sp³-hybridized carbons (Fsp3) is 0.211. The molecule has 0 amide bonds. The molecule has 0 spiro atoms. The zero-order chi connectivity index (χ0) is 17.9.